The van der Waals surface area contributed by atoms with E-state index >= 15 is 0 Å². The van der Waals surface area contributed by atoms with Gasteiger partial charge in [0, 0.05) is 0 Å². The lowest BCUT2D eigenvalue weighted by atomic mass is 9.91. The molecule has 0 aliphatic carbocycles. The van der Waals surface area contributed by atoms with E-state index < -0.39 is 0 Å². The first-order chi connectivity index (χ1) is 17.8. The minimum atomic E-state index is -0.350. The summed E-state index contributed by atoms with van der Waals surface area (Å²) in [5.74, 6) is 0.897. The van der Waals surface area contributed by atoms with Crippen molar-refractivity contribution in [3.8, 4) is 0 Å². The molecule has 0 amide bonds. The van der Waals surface area contributed by atoms with Crippen LogP contribution in [0.2, 0.25) is 0 Å². The maximum absolute atomic E-state index is 6.57. The molecule has 2 aliphatic rings. The van der Waals surface area contributed by atoms with Gasteiger partial charge in [-0.1, -0.05) is 91.0 Å². The van der Waals surface area contributed by atoms with E-state index in [1.807, 2.05) is 61.5 Å². The van der Waals surface area contributed by atoms with Crippen molar-refractivity contribution >= 4 is 0 Å². The lowest BCUT2D eigenvalue weighted by Gasteiger charge is -2.47. The van der Waals surface area contributed by atoms with Gasteiger partial charge in [-0.15, -0.1) is 0 Å². The van der Waals surface area contributed by atoms with Crippen LogP contribution in [0, 0.1) is 0 Å². The normalized spacial score (nSPS) is 25.5. The number of benzene rings is 3. The zero-order chi connectivity index (χ0) is 24.6. The summed E-state index contributed by atoms with van der Waals surface area (Å²) >= 11 is 0. The van der Waals surface area contributed by atoms with Crippen LogP contribution in [0.5, 0.6) is 0 Å². The van der Waals surface area contributed by atoms with Gasteiger partial charge < -0.3 is 23.7 Å². The summed E-state index contributed by atoms with van der Waals surface area (Å²) in [4.78, 5) is 0. The minimum Gasteiger partial charge on any atom is -0.490 e. The van der Waals surface area contributed by atoms with Gasteiger partial charge in [0.1, 0.15) is 24.4 Å². The fourth-order valence-electron chi connectivity index (χ4n) is 4.79. The molecule has 0 saturated carbocycles. The molecule has 0 N–H and O–H groups in total. The SMILES string of the molecule is CC1=CC[C@H]2O[C@H](COCc3ccccc3)[C@@H](OCc3ccccc3)[C@H](OCc3ccccc3)[C@H]2O1. The van der Waals surface area contributed by atoms with Gasteiger partial charge in [-0.05, 0) is 36.1 Å². The standard InChI is InChI=1S/C31H34O5/c1-23-17-18-27-30(35-23)31(34-21-26-15-9-4-10-16-26)29(33-20-25-13-7-3-8-14-25)28(36-27)22-32-19-24-11-5-2-6-12-24/h2-17,27-31H,18-22H2,1H3/t27-,28-,29-,30+,31+/m1/s1. The molecule has 2 heterocycles. The van der Waals surface area contributed by atoms with Gasteiger partial charge in [0.2, 0.25) is 0 Å². The molecular formula is C31H34O5. The smallest absolute Gasteiger partial charge is 0.153 e. The quantitative estimate of drug-likeness (QED) is 0.361. The molecule has 5 rings (SSSR count). The summed E-state index contributed by atoms with van der Waals surface area (Å²) in [6, 6.07) is 30.6. The van der Waals surface area contributed by atoms with E-state index in [4.69, 9.17) is 23.7 Å². The number of fused-ring (bicyclic) bond motifs is 1. The second kappa shape index (κ2) is 12.3. The van der Waals surface area contributed by atoms with E-state index in [2.05, 4.69) is 42.5 Å². The van der Waals surface area contributed by atoms with Crippen LogP contribution >= 0.6 is 0 Å². The van der Waals surface area contributed by atoms with Crippen molar-refractivity contribution in [2.75, 3.05) is 6.61 Å². The van der Waals surface area contributed by atoms with Gasteiger partial charge >= 0.3 is 0 Å². The molecule has 0 unspecified atom stereocenters. The monoisotopic (exact) mass is 486 g/mol. The van der Waals surface area contributed by atoms with Crippen LogP contribution in [0.1, 0.15) is 30.0 Å². The van der Waals surface area contributed by atoms with Crippen molar-refractivity contribution in [1.29, 1.82) is 0 Å². The van der Waals surface area contributed by atoms with Gasteiger partial charge in [-0.2, -0.15) is 0 Å². The number of rotatable bonds is 10. The van der Waals surface area contributed by atoms with E-state index in [0.29, 0.717) is 26.4 Å². The van der Waals surface area contributed by atoms with Gasteiger partial charge in [0.05, 0.1) is 32.2 Å². The average Bonchev–Trinajstić information content (AvgIpc) is 2.93. The van der Waals surface area contributed by atoms with Crippen LogP contribution in [0.15, 0.2) is 103 Å². The van der Waals surface area contributed by atoms with Crippen LogP contribution in [-0.2, 0) is 43.5 Å². The van der Waals surface area contributed by atoms with Gasteiger partial charge in [-0.3, -0.25) is 0 Å². The summed E-state index contributed by atoms with van der Waals surface area (Å²) in [6.45, 7) is 3.85. The molecule has 188 valence electrons. The molecule has 0 aromatic heterocycles. The molecule has 36 heavy (non-hydrogen) atoms. The predicted molar refractivity (Wildman–Crippen MR) is 138 cm³/mol. The van der Waals surface area contributed by atoms with E-state index in [1.54, 1.807) is 0 Å². The minimum absolute atomic E-state index is 0.114. The average molecular weight is 487 g/mol. The Kier molecular flexibility index (Phi) is 8.47. The zero-order valence-corrected chi connectivity index (χ0v) is 20.7. The fourth-order valence-corrected chi connectivity index (χ4v) is 4.79. The lowest BCUT2D eigenvalue weighted by molar-refractivity contribution is -0.266. The van der Waals surface area contributed by atoms with Crippen LogP contribution in [0.4, 0.5) is 0 Å². The Bertz CT molecular complexity index is 1090. The van der Waals surface area contributed by atoms with Crippen molar-refractivity contribution in [1.82, 2.24) is 0 Å². The molecule has 3 aromatic rings. The Balaban J connectivity index is 1.35. The summed E-state index contributed by atoms with van der Waals surface area (Å²) in [5, 5.41) is 0. The highest BCUT2D eigenvalue weighted by molar-refractivity contribution is 5.16. The van der Waals surface area contributed by atoms with Crippen LogP contribution in [-0.4, -0.2) is 37.1 Å². The Morgan fingerprint density at radius 2 is 1.22 bits per heavy atom. The molecule has 0 radical (unpaired) electrons. The van der Waals surface area contributed by atoms with Crippen molar-refractivity contribution in [2.45, 2.75) is 63.7 Å². The first kappa shape index (κ1) is 24.7. The second-order valence-electron chi connectivity index (χ2n) is 9.37. The third-order valence-electron chi connectivity index (χ3n) is 6.65. The van der Waals surface area contributed by atoms with E-state index in [-0.39, 0.29) is 30.5 Å². The summed E-state index contributed by atoms with van der Waals surface area (Å²) < 4.78 is 32.1. The maximum atomic E-state index is 6.57. The third kappa shape index (κ3) is 6.42. The van der Waals surface area contributed by atoms with Gasteiger partial charge in [0.25, 0.3) is 0 Å². The van der Waals surface area contributed by atoms with Gasteiger partial charge in [0.15, 0.2) is 6.10 Å². The first-order valence-corrected chi connectivity index (χ1v) is 12.7. The van der Waals surface area contributed by atoms with Crippen LogP contribution in [0.25, 0.3) is 0 Å². The molecule has 0 spiro atoms. The highest BCUT2D eigenvalue weighted by Crippen LogP contribution is 2.35. The van der Waals surface area contributed by atoms with E-state index in [0.717, 1.165) is 28.9 Å². The fraction of sp³-hybridized carbons (Fsp3) is 0.355. The zero-order valence-electron chi connectivity index (χ0n) is 20.7. The molecule has 5 heteroatoms. The van der Waals surface area contributed by atoms with E-state index in [1.165, 1.54) is 0 Å². The third-order valence-corrected chi connectivity index (χ3v) is 6.65. The number of allylic oxidation sites excluding steroid dienone is 1. The van der Waals surface area contributed by atoms with Crippen molar-refractivity contribution in [3.05, 3.63) is 120 Å². The largest absolute Gasteiger partial charge is 0.490 e. The summed E-state index contributed by atoms with van der Waals surface area (Å²) in [5.41, 5.74) is 3.35. The lowest BCUT2D eigenvalue weighted by Crippen LogP contribution is -2.61. The Morgan fingerprint density at radius 1 is 0.694 bits per heavy atom. The Labute approximate surface area is 213 Å². The van der Waals surface area contributed by atoms with Crippen molar-refractivity contribution < 1.29 is 23.7 Å². The van der Waals surface area contributed by atoms with Crippen LogP contribution < -0.4 is 0 Å². The van der Waals surface area contributed by atoms with Crippen molar-refractivity contribution in [3.63, 3.8) is 0 Å². The first-order valence-electron chi connectivity index (χ1n) is 12.7. The number of hydrogen-bond donors (Lipinski definition) is 0. The van der Waals surface area contributed by atoms with Crippen LogP contribution in [0.3, 0.4) is 0 Å². The number of hydrogen-bond acceptors (Lipinski definition) is 5. The molecule has 1 fully saturated rings. The molecular weight excluding hydrogens is 452 g/mol. The summed E-state index contributed by atoms with van der Waals surface area (Å²) in [7, 11) is 0. The molecule has 5 nitrogen and oxygen atoms in total. The van der Waals surface area contributed by atoms with E-state index in [9.17, 15) is 0 Å². The van der Waals surface area contributed by atoms with Gasteiger partial charge in [-0.25, -0.2) is 0 Å². The number of ether oxygens (including phenoxy) is 5. The Hall–Kier alpha value is -2.96. The maximum Gasteiger partial charge on any atom is 0.153 e. The molecule has 3 aromatic carbocycles. The Morgan fingerprint density at radius 3 is 1.81 bits per heavy atom. The molecule has 1 saturated heterocycles. The van der Waals surface area contributed by atoms with Crippen molar-refractivity contribution in [2.24, 2.45) is 0 Å². The molecule has 2 aliphatic heterocycles. The topological polar surface area (TPSA) is 46.2 Å². The second-order valence-corrected chi connectivity index (χ2v) is 9.37. The highest BCUT2D eigenvalue weighted by Gasteiger charge is 2.49. The highest BCUT2D eigenvalue weighted by atomic mass is 16.6. The predicted octanol–water partition coefficient (Wildman–Crippen LogP) is 5.83. The summed E-state index contributed by atoms with van der Waals surface area (Å²) in [6.07, 6.45) is 1.57. The molecule has 0 bridgehead atoms. The molecule has 5 atom stereocenters.